The number of nitrogens with two attached hydrogens (primary N) is 1. The van der Waals surface area contributed by atoms with Gasteiger partial charge >= 0.3 is 0 Å². The number of ether oxygens (including phenoxy) is 2. The molecule has 0 atom stereocenters. The van der Waals surface area contributed by atoms with E-state index in [0.717, 1.165) is 6.42 Å². The van der Waals surface area contributed by atoms with Gasteiger partial charge in [-0.1, -0.05) is 0 Å². The standard InChI is InChI=1S/C10H22N2O3.ClH/c1-10(2,11)9(13)12-5-4-6-15-8-7-14-3;/h4-8,11H2,1-3H3,(H,12,13);1H. The molecule has 0 aliphatic heterocycles. The Balaban J connectivity index is 0. The highest BCUT2D eigenvalue weighted by atomic mass is 35.5. The Labute approximate surface area is 103 Å². The van der Waals surface area contributed by atoms with Crippen molar-refractivity contribution < 1.29 is 14.3 Å². The molecule has 98 valence electrons. The van der Waals surface area contributed by atoms with Crippen LogP contribution in [0.2, 0.25) is 0 Å². The molecule has 0 fully saturated rings. The maximum absolute atomic E-state index is 11.3. The van der Waals surface area contributed by atoms with Crippen molar-refractivity contribution in [3.8, 4) is 0 Å². The van der Waals surface area contributed by atoms with E-state index in [-0.39, 0.29) is 18.3 Å². The summed E-state index contributed by atoms with van der Waals surface area (Å²) in [7, 11) is 1.63. The molecule has 3 N–H and O–H groups in total. The minimum Gasteiger partial charge on any atom is -0.382 e. The van der Waals surface area contributed by atoms with Crippen LogP contribution in [-0.4, -0.2) is 44.9 Å². The summed E-state index contributed by atoms with van der Waals surface area (Å²) in [5.41, 5.74) is 4.79. The summed E-state index contributed by atoms with van der Waals surface area (Å²) in [5, 5.41) is 2.74. The smallest absolute Gasteiger partial charge is 0.239 e. The van der Waals surface area contributed by atoms with E-state index in [1.807, 2.05) is 0 Å². The minimum absolute atomic E-state index is 0. The van der Waals surface area contributed by atoms with Crippen LogP contribution in [0.3, 0.4) is 0 Å². The van der Waals surface area contributed by atoms with Gasteiger partial charge in [0, 0.05) is 20.3 Å². The monoisotopic (exact) mass is 254 g/mol. The zero-order valence-electron chi connectivity index (χ0n) is 10.2. The zero-order chi connectivity index (χ0) is 11.7. The average Bonchev–Trinajstić information content (AvgIpc) is 2.14. The number of amides is 1. The third kappa shape index (κ3) is 10.2. The molecule has 0 aliphatic carbocycles. The highest BCUT2D eigenvalue weighted by Crippen LogP contribution is 1.95. The van der Waals surface area contributed by atoms with Gasteiger partial charge in [0.2, 0.25) is 5.91 Å². The number of rotatable bonds is 8. The Bertz CT molecular complexity index is 183. The average molecular weight is 255 g/mol. The van der Waals surface area contributed by atoms with E-state index in [2.05, 4.69) is 5.32 Å². The molecule has 0 aromatic rings. The van der Waals surface area contributed by atoms with Gasteiger partial charge in [-0.3, -0.25) is 4.79 Å². The molecule has 16 heavy (non-hydrogen) atoms. The van der Waals surface area contributed by atoms with Gasteiger partial charge in [-0.2, -0.15) is 0 Å². The SMILES string of the molecule is COCCOCCCNC(=O)C(C)(C)N.Cl. The molecule has 0 aliphatic rings. The van der Waals surface area contributed by atoms with Crippen LogP contribution in [0.25, 0.3) is 0 Å². The number of nitrogens with one attached hydrogen (secondary N) is 1. The summed E-state index contributed by atoms with van der Waals surface area (Å²) in [4.78, 5) is 11.3. The van der Waals surface area contributed by atoms with Crippen molar-refractivity contribution in [1.29, 1.82) is 0 Å². The first-order chi connectivity index (χ1) is 6.98. The molecule has 5 nitrogen and oxygen atoms in total. The summed E-state index contributed by atoms with van der Waals surface area (Å²) >= 11 is 0. The van der Waals surface area contributed by atoms with E-state index in [1.54, 1.807) is 21.0 Å². The molecule has 0 saturated heterocycles. The van der Waals surface area contributed by atoms with Crippen molar-refractivity contribution in [3.63, 3.8) is 0 Å². The fraction of sp³-hybridized carbons (Fsp3) is 0.900. The van der Waals surface area contributed by atoms with Crippen LogP contribution in [0.5, 0.6) is 0 Å². The molecule has 1 amide bonds. The largest absolute Gasteiger partial charge is 0.382 e. The van der Waals surface area contributed by atoms with Crippen LogP contribution in [0.1, 0.15) is 20.3 Å². The molecule has 6 heteroatoms. The highest BCUT2D eigenvalue weighted by molar-refractivity contribution is 5.85. The van der Waals surface area contributed by atoms with E-state index in [4.69, 9.17) is 15.2 Å². The summed E-state index contributed by atoms with van der Waals surface area (Å²) in [6.45, 7) is 5.75. The minimum atomic E-state index is -0.809. The molecular weight excluding hydrogens is 232 g/mol. The number of carbonyl (C=O) groups is 1. The van der Waals surface area contributed by atoms with E-state index in [1.165, 1.54) is 0 Å². The van der Waals surface area contributed by atoms with Gasteiger partial charge < -0.3 is 20.5 Å². The second-order valence-corrected chi connectivity index (χ2v) is 3.94. The van der Waals surface area contributed by atoms with Crippen LogP contribution in [-0.2, 0) is 14.3 Å². The molecule has 0 spiro atoms. The third-order valence-electron chi connectivity index (χ3n) is 1.77. The number of methoxy groups -OCH3 is 1. The van der Waals surface area contributed by atoms with Crippen molar-refractivity contribution >= 4 is 18.3 Å². The number of hydrogen-bond acceptors (Lipinski definition) is 4. The van der Waals surface area contributed by atoms with E-state index >= 15 is 0 Å². The first-order valence-corrected chi connectivity index (χ1v) is 5.12. The Morgan fingerprint density at radius 1 is 1.31 bits per heavy atom. The van der Waals surface area contributed by atoms with Gasteiger partial charge in [0.1, 0.15) is 0 Å². The predicted molar refractivity (Wildman–Crippen MR) is 65.8 cm³/mol. The number of hydrogen-bond donors (Lipinski definition) is 2. The Hall–Kier alpha value is -0.360. The summed E-state index contributed by atoms with van der Waals surface area (Å²) in [5.74, 6) is -0.139. The van der Waals surface area contributed by atoms with Crippen LogP contribution in [0, 0.1) is 0 Å². The lowest BCUT2D eigenvalue weighted by atomic mass is 10.1. The lowest BCUT2D eigenvalue weighted by Crippen LogP contribution is -2.49. The summed E-state index contributed by atoms with van der Waals surface area (Å²) in [6.07, 6.45) is 0.783. The van der Waals surface area contributed by atoms with Crippen LogP contribution in [0.4, 0.5) is 0 Å². The Morgan fingerprint density at radius 2 is 1.94 bits per heavy atom. The predicted octanol–water partition coefficient (Wildman–Crippen LogP) is 0.315. The molecule has 0 aromatic carbocycles. The summed E-state index contributed by atoms with van der Waals surface area (Å²) < 4.78 is 10.1. The van der Waals surface area contributed by atoms with Gasteiger partial charge in [0.15, 0.2) is 0 Å². The quantitative estimate of drug-likeness (QED) is 0.612. The van der Waals surface area contributed by atoms with E-state index < -0.39 is 5.54 Å². The van der Waals surface area contributed by atoms with Crippen molar-refractivity contribution in [1.82, 2.24) is 5.32 Å². The first-order valence-electron chi connectivity index (χ1n) is 5.12. The Kier molecular flexibility index (Phi) is 11.1. The van der Waals surface area contributed by atoms with Gasteiger partial charge in [0.25, 0.3) is 0 Å². The van der Waals surface area contributed by atoms with E-state index in [9.17, 15) is 4.79 Å². The maximum Gasteiger partial charge on any atom is 0.239 e. The van der Waals surface area contributed by atoms with Crippen LogP contribution < -0.4 is 11.1 Å². The normalized spacial score (nSPS) is 10.8. The van der Waals surface area contributed by atoms with E-state index in [0.29, 0.717) is 26.4 Å². The topological polar surface area (TPSA) is 73.6 Å². The molecule has 0 radical (unpaired) electrons. The van der Waals surface area contributed by atoms with Crippen molar-refractivity contribution in [2.24, 2.45) is 5.73 Å². The summed E-state index contributed by atoms with van der Waals surface area (Å²) in [6, 6.07) is 0. The van der Waals surface area contributed by atoms with Gasteiger partial charge in [0.05, 0.1) is 18.8 Å². The van der Waals surface area contributed by atoms with Crippen molar-refractivity contribution in [2.75, 3.05) is 33.5 Å². The molecule has 0 saturated carbocycles. The van der Waals surface area contributed by atoms with Crippen LogP contribution >= 0.6 is 12.4 Å². The second kappa shape index (κ2) is 9.84. The molecule has 0 bridgehead atoms. The third-order valence-corrected chi connectivity index (χ3v) is 1.77. The van der Waals surface area contributed by atoms with Crippen molar-refractivity contribution in [2.45, 2.75) is 25.8 Å². The fourth-order valence-corrected chi connectivity index (χ4v) is 0.848. The Morgan fingerprint density at radius 3 is 2.44 bits per heavy atom. The second-order valence-electron chi connectivity index (χ2n) is 3.94. The molecule has 0 aromatic heterocycles. The maximum atomic E-state index is 11.3. The fourth-order valence-electron chi connectivity index (χ4n) is 0.848. The number of halogens is 1. The molecule has 0 rings (SSSR count). The van der Waals surface area contributed by atoms with Crippen molar-refractivity contribution in [3.05, 3.63) is 0 Å². The lowest BCUT2D eigenvalue weighted by Gasteiger charge is -2.17. The number of carbonyl (C=O) groups excluding carboxylic acids is 1. The van der Waals surface area contributed by atoms with Gasteiger partial charge in [-0.25, -0.2) is 0 Å². The highest BCUT2D eigenvalue weighted by Gasteiger charge is 2.20. The molecular formula is C10H23ClN2O3. The zero-order valence-corrected chi connectivity index (χ0v) is 11.1. The molecule has 0 unspecified atom stereocenters. The lowest BCUT2D eigenvalue weighted by molar-refractivity contribution is -0.125. The van der Waals surface area contributed by atoms with Gasteiger partial charge in [-0.15, -0.1) is 12.4 Å². The van der Waals surface area contributed by atoms with Gasteiger partial charge in [-0.05, 0) is 20.3 Å². The first kappa shape index (κ1) is 18.0. The van der Waals surface area contributed by atoms with Crippen LogP contribution in [0.15, 0.2) is 0 Å². The molecule has 0 heterocycles.